The van der Waals surface area contributed by atoms with Gasteiger partial charge in [-0.05, 0) is 60.1 Å². The van der Waals surface area contributed by atoms with Crippen molar-refractivity contribution in [2.45, 2.75) is 13.1 Å². The Kier molecular flexibility index (Phi) is 14.3. The largest absolute Gasteiger partial charge is 0.497 e. The number of hydrogen-bond donors (Lipinski definition) is 2. The third-order valence-electron chi connectivity index (χ3n) is 5.67. The molecule has 0 saturated carbocycles. The Morgan fingerprint density at radius 3 is 1.54 bits per heavy atom. The zero-order valence-electron chi connectivity index (χ0n) is 23.6. The Balaban J connectivity index is 0.000000237. The SMILES string of the molecule is COc1ccc(OC)c(CN)c1.COc1ccc(OC)c(CNC(=O)c2ccccc2)c1.O=C(Cl)c1ccccc1. The van der Waals surface area contributed by atoms with Gasteiger partial charge in [-0.2, -0.15) is 0 Å². The quantitative estimate of drug-likeness (QED) is 0.239. The van der Waals surface area contributed by atoms with E-state index in [2.05, 4.69) is 5.32 Å². The molecule has 0 fully saturated rings. The van der Waals surface area contributed by atoms with Crippen LogP contribution in [-0.2, 0) is 13.1 Å². The third kappa shape index (κ3) is 10.9. The normalized spacial score (nSPS) is 9.61. The van der Waals surface area contributed by atoms with Crippen LogP contribution in [0, 0.1) is 0 Å². The molecule has 0 aliphatic heterocycles. The minimum Gasteiger partial charge on any atom is -0.497 e. The van der Waals surface area contributed by atoms with Gasteiger partial charge in [0.1, 0.15) is 23.0 Å². The molecule has 4 aromatic rings. The summed E-state index contributed by atoms with van der Waals surface area (Å²) in [4.78, 5) is 22.4. The van der Waals surface area contributed by atoms with Crippen molar-refractivity contribution in [3.05, 3.63) is 119 Å². The lowest BCUT2D eigenvalue weighted by atomic mass is 10.1. The molecule has 41 heavy (non-hydrogen) atoms. The molecule has 3 N–H and O–H groups in total. The van der Waals surface area contributed by atoms with Crippen molar-refractivity contribution in [1.82, 2.24) is 5.32 Å². The smallest absolute Gasteiger partial charge is 0.252 e. The van der Waals surface area contributed by atoms with E-state index in [1.807, 2.05) is 60.7 Å². The lowest BCUT2D eigenvalue weighted by Crippen LogP contribution is -2.22. The molecule has 4 rings (SSSR count). The van der Waals surface area contributed by atoms with Crippen molar-refractivity contribution in [3.8, 4) is 23.0 Å². The maximum atomic E-state index is 12.0. The first-order valence-electron chi connectivity index (χ1n) is 12.6. The van der Waals surface area contributed by atoms with Crippen LogP contribution in [0.5, 0.6) is 23.0 Å². The van der Waals surface area contributed by atoms with Gasteiger partial charge in [-0.25, -0.2) is 0 Å². The number of carbonyl (C=O) groups excluding carboxylic acids is 2. The van der Waals surface area contributed by atoms with Crippen LogP contribution in [0.3, 0.4) is 0 Å². The second-order valence-corrected chi connectivity index (χ2v) is 8.59. The van der Waals surface area contributed by atoms with E-state index < -0.39 is 5.24 Å². The zero-order valence-corrected chi connectivity index (χ0v) is 24.3. The van der Waals surface area contributed by atoms with Crippen molar-refractivity contribution in [2.75, 3.05) is 28.4 Å². The molecule has 0 bridgehead atoms. The van der Waals surface area contributed by atoms with E-state index in [-0.39, 0.29) is 5.91 Å². The van der Waals surface area contributed by atoms with Crippen LogP contribution in [0.4, 0.5) is 0 Å². The van der Waals surface area contributed by atoms with Crippen molar-refractivity contribution >= 4 is 22.8 Å². The van der Waals surface area contributed by atoms with Crippen LogP contribution in [0.15, 0.2) is 97.1 Å². The summed E-state index contributed by atoms with van der Waals surface area (Å²) in [5, 5.41) is 2.46. The Hall–Kier alpha value is -4.53. The Morgan fingerprint density at radius 2 is 1.12 bits per heavy atom. The molecule has 0 aromatic heterocycles. The fourth-order valence-corrected chi connectivity index (χ4v) is 3.62. The number of carbonyl (C=O) groups is 2. The van der Waals surface area contributed by atoms with Crippen molar-refractivity contribution in [2.24, 2.45) is 5.73 Å². The van der Waals surface area contributed by atoms with E-state index in [0.717, 1.165) is 34.1 Å². The third-order valence-corrected chi connectivity index (χ3v) is 5.89. The van der Waals surface area contributed by atoms with E-state index in [4.69, 9.17) is 36.3 Å². The van der Waals surface area contributed by atoms with Crippen LogP contribution in [-0.4, -0.2) is 39.6 Å². The van der Waals surface area contributed by atoms with E-state index in [1.54, 1.807) is 64.8 Å². The number of nitrogens with one attached hydrogen (secondary N) is 1. The maximum absolute atomic E-state index is 12.0. The number of ether oxygens (including phenoxy) is 4. The van der Waals surface area contributed by atoms with Crippen LogP contribution in [0.2, 0.25) is 0 Å². The molecule has 8 nitrogen and oxygen atoms in total. The maximum Gasteiger partial charge on any atom is 0.252 e. The Labute approximate surface area is 246 Å². The molecule has 216 valence electrons. The summed E-state index contributed by atoms with van der Waals surface area (Å²) >= 11 is 5.16. The van der Waals surface area contributed by atoms with Gasteiger partial charge in [-0.15, -0.1) is 0 Å². The van der Waals surface area contributed by atoms with Gasteiger partial charge in [0.05, 0.1) is 28.4 Å². The number of nitrogens with two attached hydrogens (primary N) is 1. The van der Waals surface area contributed by atoms with Gasteiger partial charge in [0.15, 0.2) is 0 Å². The number of rotatable bonds is 9. The molecule has 0 heterocycles. The van der Waals surface area contributed by atoms with Gasteiger partial charge in [0.25, 0.3) is 11.1 Å². The monoisotopic (exact) mass is 578 g/mol. The highest BCUT2D eigenvalue weighted by atomic mass is 35.5. The number of hydrogen-bond acceptors (Lipinski definition) is 7. The first-order valence-corrected chi connectivity index (χ1v) is 12.9. The second kappa shape index (κ2) is 17.9. The van der Waals surface area contributed by atoms with E-state index in [1.165, 1.54) is 0 Å². The highest BCUT2D eigenvalue weighted by Gasteiger charge is 2.08. The fourth-order valence-electron chi connectivity index (χ4n) is 3.50. The summed E-state index contributed by atoms with van der Waals surface area (Å²) in [7, 11) is 6.46. The topological polar surface area (TPSA) is 109 Å². The first-order chi connectivity index (χ1) is 19.9. The summed E-state index contributed by atoms with van der Waals surface area (Å²) < 4.78 is 20.6. The number of methoxy groups -OCH3 is 4. The molecule has 0 saturated heterocycles. The van der Waals surface area contributed by atoms with Gasteiger partial charge < -0.3 is 30.0 Å². The van der Waals surface area contributed by atoms with Crippen molar-refractivity contribution < 1.29 is 28.5 Å². The van der Waals surface area contributed by atoms with Gasteiger partial charge in [-0.3, -0.25) is 9.59 Å². The predicted octanol–water partition coefficient (Wildman–Crippen LogP) is 5.86. The second-order valence-electron chi connectivity index (χ2n) is 8.25. The summed E-state index contributed by atoms with van der Waals surface area (Å²) in [6, 6.07) is 28.9. The molecule has 0 aliphatic rings. The van der Waals surface area contributed by atoms with Gasteiger partial charge in [0, 0.05) is 35.3 Å². The van der Waals surface area contributed by atoms with Gasteiger partial charge >= 0.3 is 0 Å². The molecule has 0 atom stereocenters. The highest BCUT2D eigenvalue weighted by molar-refractivity contribution is 6.67. The zero-order chi connectivity index (χ0) is 30.0. The van der Waals surface area contributed by atoms with E-state index in [0.29, 0.717) is 24.2 Å². The minimum atomic E-state index is -0.407. The average molecular weight is 579 g/mol. The summed E-state index contributed by atoms with van der Waals surface area (Å²) in [5.41, 5.74) is 8.52. The molecule has 0 unspecified atom stereocenters. The molecule has 0 aliphatic carbocycles. The summed E-state index contributed by atoms with van der Waals surface area (Å²) in [6.45, 7) is 0.842. The molecule has 9 heteroatoms. The number of amides is 1. The molecular weight excluding hydrogens is 544 g/mol. The standard InChI is InChI=1S/C16H17NO3.C9H13NO2.C7H5ClO/c1-19-14-8-9-15(20-2)13(10-14)11-17-16(18)12-6-4-3-5-7-12;1-11-8-3-4-9(12-2)7(5-8)6-10;8-7(9)6-4-2-1-3-5-6/h3-10H,11H2,1-2H3,(H,17,18);3-5H,6,10H2,1-2H3;1-5H. The molecular formula is C32H35ClN2O6. The van der Waals surface area contributed by atoms with Crippen LogP contribution < -0.4 is 30.0 Å². The summed E-state index contributed by atoms with van der Waals surface area (Å²) in [5.74, 6) is 2.94. The molecule has 0 spiro atoms. The lowest BCUT2D eigenvalue weighted by molar-refractivity contribution is 0.0950. The van der Waals surface area contributed by atoms with Gasteiger partial charge in [-0.1, -0.05) is 48.5 Å². The van der Waals surface area contributed by atoms with Crippen molar-refractivity contribution in [1.29, 1.82) is 0 Å². The predicted molar refractivity (Wildman–Crippen MR) is 161 cm³/mol. The fraction of sp³-hybridized carbons (Fsp3) is 0.188. The van der Waals surface area contributed by atoms with E-state index >= 15 is 0 Å². The molecule has 4 aromatic carbocycles. The average Bonchev–Trinajstić information content (AvgIpc) is 3.04. The Morgan fingerprint density at radius 1 is 0.659 bits per heavy atom. The van der Waals surface area contributed by atoms with Crippen molar-refractivity contribution in [3.63, 3.8) is 0 Å². The van der Waals surface area contributed by atoms with Crippen LogP contribution in [0.25, 0.3) is 0 Å². The minimum absolute atomic E-state index is 0.115. The van der Waals surface area contributed by atoms with E-state index in [9.17, 15) is 9.59 Å². The molecule has 0 radical (unpaired) electrons. The number of halogens is 1. The highest BCUT2D eigenvalue weighted by Crippen LogP contribution is 2.24. The van der Waals surface area contributed by atoms with Crippen LogP contribution in [0.1, 0.15) is 31.8 Å². The Bertz CT molecular complexity index is 1370. The van der Waals surface area contributed by atoms with Crippen LogP contribution >= 0.6 is 11.6 Å². The number of benzene rings is 4. The van der Waals surface area contributed by atoms with Gasteiger partial charge in [0.2, 0.25) is 0 Å². The lowest BCUT2D eigenvalue weighted by Gasteiger charge is -2.11. The molecule has 1 amide bonds. The first kappa shape index (κ1) is 32.7. The summed E-state index contributed by atoms with van der Waals surface area (Å²) in [6.07, 6.45) is 0.